The average molecular weight is 942 g/mol. The molecule has 6 heterocycles. The third-order valence-corrected chi connectivity index (χ3v) is 14.2. The molecular formula is C54H67N7O8. The number of hydrogen-bond acceptors (Lipinski definition) is 10. The quantitative estimate of drug-likeness (QED) is 0.153. The second-order valence-electron chi connectivity index (χ2n) is 20.1. The first kappa shape index (κ1) is 49.3. The minimum atomic E-state index is -1.06. The Labute approximate surface area is 405 Å². The van der Waals surface area contributed by atoms with Gasteiger partial charge in [0.25, 0.3) is 11.8 Å². The van der Waals surface area contributed by atoms with E-state index >= 15 is 0 Å². The summed E-state index contributed by atoms with van der Waals surface area (Å²) in [5.74, 6) is 2.75. The zero-order chi connectivity index (χ0) is 49.1. The van der Waals surface area contributed by atoms with Crippen molar-refractivity contribution in [3.63, 3.8) is 0 Å². The van der Waals surface area contributed by atoms with Crippen LogP contribution in [0, 0.1) is 29.1 Å². The molecule has 4 aliphatic heterocycles. The Hall–Kier alpha value is -6.08. The van der Waals surface area contributed by atoms with E-state index in [1.165, 1.54) is 9.91 Å². The average Bonchev–Trinajstić information content (AvgIpc) is 3.94. The number of benzene rings is 2. The van der Waals surface area contributed by atoms with Crippen LogP contribution < -0.4 is 10.7 Å². The van der Waals surface area contributed by atoms with Crippen molar-refractivity contribution in [1.29, 1.82) is 0 Å². The Morgan fingerprint density at radius 1 is 1.03 bits per heavy atom. The summed E-state index contributed by atoms with van der Waals surface area (Å²) >= 11 is 0. The number of cyclic esters (lactones) is 1. The van der Waals surface area contributed by atoms with Crippen LogP contribution in [0.3, 0.4) is 0 Å². The van der Waals surface area contributed by atoms with E-state index in [1.54, 1.807) is 25.3 Å². The number of likely N-dealkylation sites (tertiary alicyclic amines) is 1. The number of aryl methyl sites for hydroxylation is 1. The summed E-state index contributed by atoms with van der Waals surface area (Å²) in [6.07, 6.45) is 4.29. The van der Waals surface area contributed by atoms with Crippen molar-refractivity contribution in [2.45, 2.75) is 117 Å². The molecule has 4 aromatic rings. The maximum Gasteiger partial charge on any atom is 0.324 e. The van der Waals surface area contributed by atoms with Crippen molar-refractivity contribution in [2.75, 3.05) is 47.0 Å². The molecule has 2 aromatic heterocycles. The fourth-order valence-electron chi connectivity index (χ4n) is 10.3. The normalized spacial score (nSPS) is 22.4. The number of carbonyl (C=O) groups is 5. The lowest BCUT2D eigenvalue weighted by Crippen LogP contribution is -2.62. The number of nitrogens with one attached hydrogen (secondary N) is 2. The molecular weight excluding hydrogens is 875 g/mol. The zero-order valence-electron chi connectivity index (χ0n) is 41.3. The van der Waals surface area contributed by atoms with E-state index in [4.69, 9.17) is 19.2 Å². The van der Waals surface area contributed by atoms with Crippen LogP contribution in [0.25, 0.3) is 33.3 Å². The molecule has 3 saturated heterocycles. The molecule has 4 amide bonds. The van der Waals surface area contributed by atoms with Crippen molar-refractivity contribution in [2.24, 2.45) is 17.3 Å². The number of likely N-dealkylation sites (N-methyl/N-ethyl adjacent to an activating group) is 1. The first-order valence-electron chi connectivity index (χ1n) is 24.5. The Morgan fingerprint density at radius 2 is 1.81 bits per heavy atom. The summed E-state index contributed by atoms with van der Waals surface area (Å²) in [5.41, 5.74) is 10.4. The second-order valence-corrected chi connectivity index (χ2v) is 20.1. The van der Waals surface area contributed by atoms with E-state index in [-0.39, 0.29) is 49.5 Å². The molecule has 366 valence electrons. The van der Waals surface area contributed by atoms with Gasteiger partial charge in [0, 0.05) is 81.3 Å². The van der Waals surface area contributed by atoms with Gasteiger partial charge in [0.1, 0.15) is 24.2 Å². The fourth-order valence-corrected chi connectivity index (χ4v) is 10.3. The number of esters is 1. The smallest absolute Gasteiger partial charge is 0.324 e. The van der Waals surface area contributed by atoms with Crippen LogP contribution in [0.5, 0.6) is 0 Å². The Kier molecular flexibility index (Phi) is 14.9. The highest BCUT2D eigenvalue weighted by Gasteiger charge is 2.40. The summed E-state index contributed by atoms with van der Waals surface area (Å²) < 4.78 is 19.6. The Bertz CT molecular complexity index is 2660. The van der Waals surface area contributed by atoms with Crippen molar-refractivity contribution in [3.8, 4) is 34.2 Å². The number of hydrogen-bond donors (Lipinski definition) is 2. The van der Waals surface area contributed by atoms with Crippen LogP contribution in [-0.2, 0) is 57.6 Å². The Balaban J connectivity index is 1.13. The predicted octanol–water partition coefficient (Wildman–Crippen LogP) is 5.87. The van der Waals surface area contributed by atoms with Crippen LogP contribution >= 0.6 is 0 Å². The lowest BCUT2D eigenvalue weighted by atomic mass is 9.84. The minimum Gasteiger partial charge on any atom is -0.464 e. The van der Waals surface area contributed by atoms with E-state index in [2.05, 4.69) is 84.3 Å². The number of hydrazine groups is 1. The number of fused-ring (bicyclic) bond motifs is 6. The molecule has 0 spiro atoms. The lowest BCUT2D eigenvalue weighted by Gasteiger charge is -2.37. The molecule has 3 fully saturated rings. The molecule has 2 unspecified atom stereocenters. The Morgan fingerprint density at radius 3 is 2.54 bits per heavy atom. The summed E-state index contributed by atoms with van der Waals surface area (Å²) in [4.78, 5) is 78.2. The first-order chi connectivity index (χ1) is 33.1. The number of amides is 4. The number of nitrogens with zero attached hydrogens (tertiary/aromatic N) is 5. The van der Waals surface area contributed by atoms with E-state index in [0.717, 1.165) is 56.5 Å². The number of carbonyl (C=O) groups excluding carboxylic acids is 5. The molecule has 6 bridgehead atoms. The van der Waals surface area contributed by atoms with Crippen LogP contribution in [0.15, 0.2) is 60.8 Å². The predicted molar refractivity (Wildman–Crippen MR) is 262 cm³/mol. The van der Waals surface area contributed by atoms with Gasteiger partial charge in [0.2, 0.25) is 11.8 Å². The monoisotopic (exact) mass is 942 g/mol. The summed E-state index contributed by atoms with van der Waals surface area (Å²) in [5, 5.41) is 5.58. The van der Waals surface area contributed by atoms with E-state index in [1.807, 2.05) is 39.0 Å². The molecule has 69 heavy (non-hydrogen) atoms. The molecule has 2 aromatic carbocycles. The number of aromatic nitrogens is 2. The molecule has 0 saturated carbocycles. The summed E-state index contributed by atoms with van der Waals surface area (Å²) in [6, 6.07) is 15.8. The van der Waals surface area contributed by atoms with Crippen molar-refractivity contribution >= 4 is 40.5 Å². The van der Waals surface area contributed by atoms with Gasteiger partial charge >= 0.3 is 5.97 Å². The first-order valence-corrected chi connectivity index (χ1v) is 24.5. The zero-order valence-corrected chi connectivity index (χ0v) is 41.3. The van der Waals surface area contributed by atoms with Crippen LogP contribution in [0.4, 0.5) is 0 Å². The van der Waals surface area contributed by atoms with Crippen molar-refractivity contribution in [1.82, 2.24) is 35.1 Å². The van der Waals surface area contributed by atoms with Crippen molar-refractivity contribution < 1.29 is 38.2 Å². The van der Waals surface area contributed by atoms with Gasteiger partial charge in [-0.25, -0.2) is 5.43 Å². The van der Waals surface area contributed by atoms with Gasteiger partial charge in [0.05, 0.1) is 36.6 Å². The minimum absolute atomic E-state index is 0.132. The van der Waals surface area contributed by atoms with Gasteiger partial charge < -0.3 is 33.9 Å². The van der Waals surface area contributed by atoms with Gasteiger partial charge in [-0.05, 0) is 97.9 Å². The van der Waals surface area contributed by atoms with E-state index in [0.29, 0.717) is 51.9 Å². The van der Waals surface area contributed by atoms with Gasteiger partial charge in [-0.1, -0.05) is 63.9 Å². The molecule has 15 heteroatoms. The molecule has 0 aliphatic carbocycles. The molecule has 4 aliphatic rings. The summed E-state index contributed by atoms with van der Waals surface area (Å²) in [7, 11) is 3.30. The highest BCUT2D eigenvalue weighted by atomic mass is 16.5. The molecule has 2 N–H and O–H groups in total. The fraction of sp³-hybridized carbons (Fsp3) is 0.519. The highest BCUT2D eigenvalue weighted by molar-refractivity contribution is 5.97. The van der Waals surface area contributed by atoms with Crippen LogP contribution in [-0.4, -0.2) is 125 Å². The largest absolute Gasteiger partial charge is 0.464 e. The van der Waals surface area contributed by atoms with Crippen molar-refractivity contribution in [3.05, 3.63) is 77.6 Å². The highest BCUT2D eigenvalue weighted by Crippen LogP contribution is 2.42. The third-order valence-electron chi connectivity index (χ3n) is 14.2. The number of pyridine rings is 1. The van der Waals surface area contributed by atoms with E-state index in [9.17, 15) is 24.0 Å². The SMILES string of the molecule is CCn1c(-c2cccnc2C(C)OC)c2c3cc(ccc31)-c1cccc(c1)C[C@H](NC(=O)[C@H](C(C)C)N(C)C(=O)[C@H]1CCN(C(=O)C#CC3CCO3)C1)C(=O)N1CCC[C@H](N1)C(=O)OCC(C)(C)C2. The third kappa shape index (κ3) is 10.6. The van der Waals surface area contributed by atoms with Gasteiger partial charge in [-0.2, -0.15) is 0 Å². The van der Waals surface area contributed by atoms with Crippen LogP contribution in [0.2, 0.25) is 0 Å². The van der Waals surface area contributed by atoms with E-state index < -0.39 is 47.2 Å². The maximum absolute atomic E-state index is 14.8. The van der Waals surface area contributed by atoms with Gasteiger partial charge in [-0.3, -0.25) is 34.0 Å². The second kappa shape index (κ2) is 20.9. The summed E-state index contributed by atoms with van der Waals surface area (Å²) in [6.45, 7) is 14.5. The standard InChI is InChI=1S/C54H67N7O8/c1-9-60-45-19-17-37-29-41(45)42(49(60)40-15-11-23-55-47(40)34(4)67-8)30-54(5,6)32-69-53(66)43-16-12-24-61(57-43)52(65)44(28-35-13-10-14-36(37)27-35)56-50(63)48(33(2)3)58(7)51(64)38-21-25-59(31-38)46(62)20-18-39-22-26-68-39/h10-11,13-15,17,19,23,27,29,33-34,38-39,43-44,48,57H,9,12,16,21-22,24-26,28,30-32H2,1-8H3,(H,56,63)/t34?,38-,39?,43-,44-,48-/m0/s1. The number of rotatable bonds is 9. The molecule has 8 rings (SSSR count). The maximum atomic E-state index is 14.8. The number of ether oxygens (including phenoxy) is 3. The lowest BCUT2D eigenvalue weighted by molar-refractivity contribution is -0.155. The van der Waals surface area contributed by atoms with Crippen LogP contribution in [0.1, 0.15) is 90.2 Å². The molecule has 0 radical (unpaired) electrons. The number of methoxy groups -OCH3 is 1. The van der Waals surface area contributed by atoms with Gasteiger partial charge in [0.15, 0.2) is 0 Å². The van der Waals surface area contributed by atoms with Gasteiger partial charge in [-0.15, -0.1) is 0 Å². The molecule has 15 nitrogen and oxygen atoms in total. The molecule has 6 atom stereocenters. The topological polar surface area (TPSA) is 165 Å².